The fourth-order valence-corrected chi connectivity index (χ4v) is 7.31. The average Bonchev–Trinajstić information content (AvgIpc) is 3.68. The number of Topliss-reactive ketones (excluding diaryl/α,β-unsaturated/α-hetero) is 1. The normalized spacial score (nSPS) is 10.2. The van der Waals surface area contributed by atoms with Gasteiger partial charge in [-0.25, -0.2) is 34.7 Å². The van der Waals surface area contributed by atoms with Crippen molar-refractivity contribution in [1.82, 2.24) is 29.9 Å². The molecule has 0 unspecified atom stereocenters. The number of carbonyl (C=O) groups excluding carboxylic acids is 4. The van der Waals surface area contributed by atoms with E-state index in [0.717, 1.165) is 21.5 Å². The molecule has 3 N–H and O–H groups in total. The molecule has 10 rings (SSSR count). The van der Waals surface area contributed by atoms with Crippen molar-refractivity contribution in [1.29, 1.82) is 0 Å². The van der Waals surface area contributed by atoms with E-state index in [1.807, 2.05) is 121 Å². The van der Waals surface area contributed by atoms with Crippen LogP contribution < -0.4 is 153 Å². The Bertz CT molecular complexity index is 3530. The molecule has 4 aromatic carbocycles. The molecular weight excluding hydrogens is 1300 g/mol. The Morgan fingerprint density at radius 2 is 0.863 bits per heavy atom. The third kappa shape index (κ3) is 18.4. The molecule has 23 heteroatoms. The summed E-state index contributed by atoms with van der Waals surface area (Å²) in [4.78, 5) is 72.3. The summed E-state index contributed by atoms with van der Waals surface area (Å²) >= 11 is 4.98. The monoisotopic (exact) mass is 1350 g/mol. The Morgan fingerprint density at radius 3 is 1.19 bits per heavy atom. The second-order valence-corrected chi connectivity index (χ2v) is 16.0. The van der Waals surface area contributed by atoms with Gasteiger partial charge in [0.05, 0.1) is 68.3 Å². The van der Waals surface area contributed by atoms with Crippen LogP contribution in [-0.4, -0.2) is 116 Å². The number of hydrogen-bond acceptors (Lipinski definition) is 19. The van der Waals surface area contributed by atoms with Gasteiger partial charge in [-0.05, 0) is 72.8 Å². The summed E-state index contributed by atoms with van der Waals surface area (Å²) in [6, 6.07) is 47.9. The van der Waals surface area contributed by atoms with Crippen molar-refractivity contribution in [2.24, 2.45) is 0 Å². The molecule has 0 saturated carbocycles. The number of benzene rings is 4. The van der Waals surface area contributed by atoms with Crippen molar-refractivity contribution in [2.45, 2.75) is 0 Å². The molecule has 6 aromatic heterocycles. The number of halogens is 2. The van der Waals surface area contributed by atoms with Crippen LogP contribution in [0.2, 0.25) is 0 Å². The molecule has 402 valence electrons. The van der Waals surface area contributed by atoms with Gasteiger partial charge >= 0.3 is 150 Å². The van der Waals surface area contributed by atoms with E-state index < -0.39 is 31.5 Å². The number of alkyl halides is 2. The first-order valence-electron chi connectivity index (χ1n) is 23.7. The number of hydrogen-bond donors (Lipinski definition) is 3. The fraction of sp³-hybridized carbons (Fsp3) is 0.123. The van der Waals surface area contributed by atoms with Gasteiger partial charge in [0.15, 0.2) is 12.4 Å². The summed E-state index contributed by atoms with van der Waals surface area (Å²) in [6.07, 6.45) is 0. The van der Waals surface area contributed by atoms with Crippen molar-refractivity contribution in [2.75, 3.05) is 47.1 Å². The molecule has 0 amide bonds. The summed E-state index contributed by atoms with van der Waals surface area (Å²) in [5.74, 6) is -0.164. The maximum absolute atomic E-state index is 11.5. The standard InChI is InChI=1S/C29H23N3O6.C23H15N3O2.C3H5ClO2.CH3F.CH2O3.2Cs.H2.H/c1-36-27(35)17-38-26-10-3-6-19-12-14-24(32-29(19)26)22-8-4-7-21(30-22)23-13-11-18-5-2-9-25(28(18)31-23)37-16-20(34)15-33;27-20-8-1-4-14-10-12-18(25-22(14)20)16-6-3-7-17(24-16)19-13-11-15-5-2-9-21(28)23(15)26-19;1-6-3(5)2-4;1-2;2-1-4-3;;;;/h2-14,33H,15-17H2,1H3;1-13,27-28H;2H2,1H3;1H3;1,3H;;;1H;/q;;;;;2*+1;;-1/p-1/i;;;1D;;;;;. The number of ketones is 1. The van der Waals surface area contributed by atoms with Gasteiger partial charge in [-0.1, -0.05) is 84.9 Å². The summed E-state index contributed by atoms with van der Waals surface area (Å²) in [7, 11) is 1.60. The van der Waals surface area contributed by atoms with E-state index in [4.69, 9.17) is 57.5 Å². The summed E-state index contributed by atoms with van der Waals surface area (Å²) < 4.78 is 35.5. The number of aromatic nitrogens is 6. The molecule has 0 spiro atoms. The van der Waals surface area contributed by atoms with Crippen LogP contribution in [0.25, 0.3) is 89.2 Å². The number of carbonyl (C=O) groups is 4. The predicted molar refractivity (Wildman–Crippen MR) is 290 cm³/mol. The summed E-state index contributed by atoms with van der Waals surface area (Å²) in [5.41, 5.74) is 7.47. The zero-order valence-corrected chi connectivity index (χ0v) is 56.8. The Hall–Kier alpha value is -5.66. The zero-order chi connectivity index (χ0) is 56.7. The van der Waals surface area contributed by atoms with Crippen LogP contribution in [0.4, 0.5) is 4.39 Å². The van der Waals surface area contributed by atoms with Crippen molar-refractivity contribution >= 4 is 79.4 Å². The molecule has 10 aromatic rings. The summed E-state index contributed by atoms with van der Waals surface area (Å²) in [6.45, 7) is -1.22. The van der Waals surface area contributed by atoms with Gasteiger partial charge in [-0.2, -0.15) is 0 Å². The van der Waals surface area contributed by atoms with Crippen LogP contribution in [0.3, 0.4) is 0 Å². The van der Waals surface area contributed by atoms with Gasteiger partial charge in [-0.15, -0.1) is 11.6 Å². The Kier molecular flexibility index (Phi) is 28.2. The number of methoxy groups -OCH3 is 2. The number of para-hydroxylation sites is 4. The van der Waals surface area contributed by atoms with Crippen LogP contribution in [0.15, 0.2) is 158 Å². The second-order valence-electron chi connectivity index (χ2n) is 15.7. The average molecular weight is 1350 g/mol. The molecule has 0 aliphatic rings. The SMILES string of the molecule is COC(=O)CCl.COC(=O)COc1cccc2ccc(-c3cccc(-c4ccc5cccc(OCC(=O)CO)c5n4)n3)nc12.O=CO[O-].Oc1cccc2ccc(-c3cccc(-c4ccc5cccc(O)c5n4)n3)nc12.[2H]CF.[Cs+].[Cs+].[H-].[HH]. The number of pyridine rings is 6. The number of rotatable bonds is 13. The van der Waals surface area contributed by atoms with E-state index in [9.17, 15) is 29.0 Å². The van der Waals surface area contributed by atoms with Gasteiger partial charge in [0.25, 0.3) is 6.47 Å². The van der Waals surface area contributed by atoms with E-state index in [1.54, 1.807) is 36.4 Å². The molecular formula is C57H50ClCs2FN6O13. The number of aliphatic hydroxyl groups is 1. The maximum Gasteiger partial charge on any atom is 1.00 e. The minimum absolute atomic E-state index is 0. The van der Waals surface area contributed by atoms with Gasteiger partial charge in [0.1, 0.15) is 64.2 Å². The van der Waals surface area contributed by atoms with Crippen LogP contribution >= 0.6 is 11.6 Å². The summed E-state index contributed by atoms with van der Waals surface area (Å²) in [5, 5.41) is 41.0. The van der Waals surface area contributed by atoms with Gasteiger partial charge in [-0.3, -0.25) is 18.8 Å². The second kappa shape index (κ2) is 34.6. The third-order valence-corrected chi connectivity index (χ3v) is 11.0. The minimum atomic E-state index is -1.00. The molecule has 80 heavy (non-hydrogen) atoms. The zero-order valence-electron chi connectivity index (χ0n) is 45.5. The molecule has 19 nitrogen and oxygen atoms in total. The number of aliphatic hydroxyl groups excluding tert-OH is 1. The third-order valence-electron chi connectivity index (χ3n) is 10.8. The number of aromatic hydroxyl groups is 2. The number of nitrogens with zero attached hydrogens (tertiary/aromatic N) is 6. The van der Waals surface area contributed by atoms with E-state index in [1.165, 1.54) is 14.2 Å². The van der Waals surface area contributed by atoms with Crippen molar-refractivity contribution in [3.8, 4) is 68.5 Å². The van der Waals surface area contributed by atoms with Gasteiger partial charge < -0.3 is 45.8 Å². The van der Waals surface area contributed by atoms with Gasteiger partial charge in [0, 0.05) is 23.0 Å². The molecule has 6 heterocycles. The molecule has 0 bridgehead atoms. The first-order valence-corrected chi connectivity index (χ1v) is 23.5. The van der Waals surface area contributed by atoms with Crippen molar-refractivity contribution in [3.63, 3.8) is 0 Å². The number of phenols is 2. The van der Waals surface area contributed by atoms with E-state index in [-0.39, 0.29) is 178 Å². The molecule has 0 aliphatic carbocycles. The van der Waals surface area contributed by atoms with E-state index >= 15 is 0 Å². The quantitative estimate of drug-likeness (QED) is 0.0492. The van der Waals surface area contributed by atoms with Crippen LogP contribution in [-0.2, 0) is 33.5 Å². The first-order chi connectivity index (χ1) is 38.4. The number of fused-ring (bicyclic) bond motifs is 4. The Balaban J connectivity index is 0.000000460. The molecule has 0 fully saturated rings. The smallest absolute Gasteiger partial charge is 1.00 e. The Morgan fingerprint density at radius 1 is 0.550 bits per heavy atom. The fourth-order valence-electron chi connectivity index (χ4n) is 7.20. The minimum Gasteiger partial charge on any atom is -1.00 e. The maximum atomic E-state index is 11.5. The van der Waals surface area contributed by atoms with Crippen molar-refractivity contribution < 1.29 is 210 Å². The first kappa shape index (κ1) is 65.2. The predicted octanol–water partition coefficient (Wildman–Crippen LogP) is 2.71. The van der Waals surface area contributed by atoms with Gasteiger partial charge in [0.2, 0.25) is 0 Å². The van der Waals surface area contributed by atoms with Crippen LogP contribution in [0, 0.1) is 0 Å². The van der Waals surface area contributed by atoms with E-state index in [2.05, 4.69) is 24.3 Å². The number of ether oxygens (including phenoxy) is 4. The van der Waals surface area contributed by atoms with Crippen molar-refractivity contribution in [3.05, 3.63) is 158 Å². The molecule has 0 aliphatic heterocycles. The van der Waals surface area contributed by atoms with E-state index in [0.29, 0.717) is 79.1 Å². The molecule has 0 radical (unpaired) electrons. The molecule has 0 atom stereocenters. The number of phenolic OH excluding ortho intramolecular Hbond substituents is 2. The largest absolute Gasteiger partial charge is 1.00 e. The topological polar surface area (TPSA) is 276 Å². The van der Waals surface area contributed by atoms with Crippen LogP contribution in [0.1, 0.15) is 4.22 Å². The Labute approximate surface area is 584 Å². The number of esters is 2. The molecule has 0 saturated heterocycles. The van der Waals surface area contributed by atoms with Crippen LogP contribution in [0.5, 0.6) is 23.0 Å².